The van der Waals surface area contributed by atoms with Crippen molar-refractivity contribution in [1.82, 2.24) is 4.90 Å². The van der Waals surface area contributed by atoms with Gasteiger partial charge in [0, 0.05) is 19.1 Å². The lowest BCUT2D eigenvalue weighted by Gasteiger charge is -2.32. The highest BCUT2D eigenvalue weighted by Gasteiger charge is 2.38. The number of hydrogen-bond donors (Lipinski definition) is 1. The zero-order valence-electron chi connectivity index (χ0n) is 10.1. The first kappa shape index (κ1) is 10.8. The third-order valence-electron chi connectivity index (χ3n) is 4.13. The average Bonchev–Trinajstić information content (AvgIpc) is 2.61. The Labute approximate surface area is 102 Å². The SMILES string of the molecule is CC1CN(C(=O)C2Cc3ccccc32)CC1N. The van der Waals surface area contributed by atoms with E-state index in [1.165, 1.54) is 11.1 Å². The summed E-state index contributed by atoms with van der Waals surface area (Å²) in [5.74, 6) is 0.779. The summed E-state index contributed by atoms with van der Waals surface area (Å²) >= 11 is 0. The number of carbonyl (C=O) groups is 1. The van der Waals surface area contributed by atoms with Gasteiger partial charge in [-0.3, -0.25) is 4.79 Å². The van der Waals surface area contributed by atoms with Crippen LogP contribution in [0.25, 0.3) is 0 Å². The molecule has 0 spiro atoms. The van der Waals surface area contributed by atoms with Gasteiger partial charge in [-0.15, -0.1) is 0 Å². The first-order chi connectivity index (χ1) is 8.16. The second-order valence-corrected chi connectivity index (χ2v) is 5.34. The first-order valence-corrected chi connectivity index (χ1v) is 6.29. The molecule has 0 bridgehead atoms. The Kier molecular flexibility index (Phi) is 2.44. The molecule has 90 valence electrons. The largest absolute Gasteiger partial charge is 0.340 e. The number of benzene rings is 1. The monoisotopic (exact) mass is 230 g/mol. The molecule has 1 fully saturated rings. The van der Waals surface area contributed by atoms with Gasteiger partial charge in [-0.2, -0.15) is 0 Å². The number of likely N-dealkylation sites (tertiary alicyclic amines) is 1. The number of hydrogen-bond acceptors (Lipinski definition) is 2. The molecule has 1 aliphatic heterocycles. The van der Waals surface area contributed by atoms with E-state index in [9.17, 15) is 4.79 Å². The van der Waals surface area contributed by atoms with Crippen molar-refractivity contribution in [3.63, 3.8) is 0 Å². The Morgan fingerprint density at radius 3 is 2.76 bits per heavy atom. The van der Waals surface area contributed by atoms with Gasteiger partial charge in [0.1, 0.15) is 0 Å². The Hall–Kier alpha value is -1.35. The van der Waals surface area contributed by atoms with Crippen LogP contribution in [0.15, 0.2) is 24.3 Å². The standard InChI is InChI=1S/C14H18N2O/c1-9-7-16(8-13(9)15)14(17)12-6-10-4-2-3-5-11(10)12/h2-5,9,12-13H,6-8,15H2,1H3. The molecule has 0 aromatic heterocycles. The quantitative estimate of drug-likeness (QED) is 0.786. The summed E-state index contributed by atoms with van der Waals surface area (Å²) in [4.78, 5) is 14.3. The van der Waals surface area contributed by atoms with Crippen molar-refractivity contribution in [3.05, 3.63) is 35.4 Å². The van der Waals surface area contributed by atoms with Gasteiger partial charge in [0.2, 0.25) is 5.91 Å². The fourth-order valence-corrected chi connectivity index (χ4v) is 2.87. The number of nitrogens with two attached hydrogens (primary N) is 1. The molecule has 1 saturated heterocycles. The van der Waals surface area contributed by atoms with Gasteiger partial charge in [-0.05, 0) is 23.5 Å². The molecule has 1 aromatic carbocycles. The van der Waals surface area contributed by atoms with Crippen LogP contribution < -0.4 is 5.73 Å². The Morgan fingerprint density at radius 1 is 1.35 bits per heavy atom. The highest BCUT2D eigenvalue weighted by atomic mass is 16.2. The van der Waals surface area contributed by atoms with Crippen molar-refractivity contribution in [2.75, 3.05) is 13.1 Å². The highest BCUT2D eigenvalue weighted by Crippen LogP contribution is 2.36. The van der Waals surface area contributed by atoms with Crippen molar-refractivity contribution in [2.45, 2.75) is 25.3 Å². The fraction of sp³-hybridized carbons (Fsp3) is 0.500. The van der Waals surface area contributed by atoms with Gasteiger partial charge in [0.15, 0.2) is 0 Å². The number of nitrogens with zero attached hydrogens (tertiary/aromatic N) is 1. The van der Waals surface area contributed by atoms with Crippen LogP contribution in [0.3, 0.4) is 0 Å². The highest BCUT2D eigenvalue weighted by molar-refractivity contribution is 5.87. The van der Waals surface area contributed by atoms with E-state index in [1.54, 1.807) is 0 Å². The minimum Gasteiger partial charge on any atom is -0.340 e. The van der Waals surface area contributed by atoms with Crippen molar-refractivity contribution in [1.29, 1.82) is 0 Å². The molecule has 3 rings (SSSR count). The summed E-state index contributed by atoms with van der Waals surface area (Å²) in [6, 6.07) is 8.37. The molecule has 3 nitrogen and oxygen atoms in total. The molecule has 3 atom stereocenters. The molecule has 3 heteroatoms. The van der Waals surface area contributed by atoms with Crippen LogP contribution >= 0.6 is 0 Å². The minimum absolute atomic E-state index is 0.0868. The first-order valence-electron chi connectivity index (χ1n) is 6.29. The third-order valence-corrected chi connectivity index (χ3v) is 4.13. The smallest absolute Gasteiger partial charge is 0.230 e. The molecule has 2 aliphatic rings. The normalized spacial score (nSPS) is 30.9. The van der Waals surface area contributed by atoms with Gasteiger partial charge >= 0.3 is 0 Å². The average molecular weight is 230 g/mol. The number of rotatable bonds is 1. The summed E-state index contributed by atoms with van der Waals surface area (Å²) in [5.41, 5.74) is 8.50. The zero-order chi connectivity index (χ0) is 12.0. The molecule has 17 heavy (non-hydrogen) atoms. The van der Waals surface area contributed by atoms with Crippen LogP contribution in [-0.4, -0.2) is 29.9 Å². The lowest BCUT2D eigenvalue weighted by Crippen LogP contribution is -2.39. The maximum Gasteiger partial charge on any atom is 0.230 e. The van der Waals surface area contributed by atoms with Crippen molar-refractivity contribution >= 4 is 5.91 Å². The summed E-state index contributed by atoms with van der Waals surface area (Å²) in [5, 5.41) is 0. The molecular formula is C14H18N2O. The Balaban J connectivity index is 1.74. The van der Waals surface area contributed by atoms with Crippen molar-refractivity contribution < 1.29 is 4.79 Å². The lowest BCUT2D eigenvalue weighted by atomic mass is 9.77. The van der Waals surface area contributed by atoms with Gasteiger partial charge in [0.25, 0.3) is 0 Å². The molecule has 1 aliphatic carbocycles. The van der Waals surface area contributed by atoms with Crippen molar-refractivity contribution in [2.24, 2.45) is 11.7 Å². The summed E-state index contributed by atoms with van der Waals surface area (Å²) in [6.45, 7) is 3.66. The van der Waals surface area contributed by atoms with E-state index in [0.29, 0.717) is 5.92 Å². The van der Waals surface area contributed by atoms with Crippen LogP contribution in [-0.2, 0) is 11.2 Å². The summed E-state index contributed by atoms with van der Waals surface area (Å²) in [6.07, 6.45) is 0.898. The van der Waals surface area contributed by atoms with Gasteiger partial charge in [0.05, 0.1) is 5.92 Å². The maximum atomic E-state index is 12.4. The molecule has 0 saturated carbocycles. The molecule has 3 unspecified atom stereocenters. The Bertz CT molecular complexity index is 447. The van der Waals surface area contributed by atoms with Gasteiger partial charge in [-0.1, -0.05) is 31.2 Å². The number of carbonyl (C=O) groups excluding carboxylic acids is 1. The van der Waals surface area contributed by atoms with E-state index < -0.39 is 0 Å². The van der Waals surface area contributed by atoms with E-state index in [2.05, 4.69) is 19.1 Å². The summed E-state index contributed by atoms with van der Waals surface area (Å²) in [7, 11) is 0. The predicted molar refractivity (Wildman–Crippen MR) is 66.6 cm³/mol. The summed E-state index contributed by atoms with van der Waals surface area (Å²) < 4.78 is 0. The van der Waals surface area contributed by atoms with Crippen LogP contribution in [0.1, 0.15) is 24.0 Å². The number of amides is 1. The maximum absolute atomic E-state index is 12.4. The fourth-order valence-electron chi connectivity index (χ4n) is 2.87. The molecule has 2 N–H and O–H groups in total. The molecular weight excluding hydrogens is 212 g/mol. The topological polar surface area (TPSA) is 46.3 Å². The van der Waals surface area contributed by atoms with E-state index in [0.717, 1.165) is 19.5 Å². The molecule has 1 amide bonds. The second-order valence-electron chi connectivity index (χ2n) is 5.34. The van der Waals surface area contributed by atoms with E-state index >= 15 is 0 Å². The van der Waals surface area contributed by atoms with E-state index in [1.807, 2.05) is 17.0 Å². The van der Waals surface area contributed by atoms with Gasteiger partial charge in [-0.25, -0.2) is 0 Å². The van der Waals surface area contributed by atoms with Gasteiger partial charge < -0.3 is 10.6 Å². The van der Waals surface area contributed by atoms with E-state index in [4.69, 9.17) is 5.73 Å². The predicted octanol–water partition coefficient (Wildman–Crippen LogP) is 1.13. The lowest BCUT2D eigenvalue weighted by molar-refractivity contribution is -0.132. The minimum atomic E-state index is 0.0868. The number of fused-ring (bicyclic) bond motifs is 1. The Morgan fingerprint density at radius 2 is 2.12 bits per heavy atom. The van der Waals surface area contributed by atoms with Crippen LogP contribution in [0.4, 0.5) is 0 Å². The zero-order valence-corrected chi connectivity index (χ0v) is 10.1. The van der Waals surface area contributed by atoms with E-state index in [-0.39, 0.29) is 17.9 Å². The van der Waals surface area contributed by atoms with Crippen molar-refractivity contribution in [3.8, 4) is 0 Å². The van der Waals surface area contributed by atoms with Crippen LogP contribution in [0.2, 0.25) is 0 Å². The van der Waals surface area contributed by atoms with Crippen LogP contribution in [0.5, 0.6) is 0 Å². The third kappa shape index (κ3) is 1.65. The molecule has 0 radical (unpaired) electrons. The van der Waals surface area contributed by atoms with Crippen LogP contribution in [0, 0.1) is 5.92 Å². The second kappa shape index (κ2) is 3.84. The molecule has 1 aromatic rings. The molecule has 1 heterocycles.